The molecule has 0 saturated carbocycles. The van der Waals surface area contributed by atoms with Gasteiger partial charge in [0, 0.05) is 11.3 Å². The zero-order valence-corrected chi connectivity index (χ0v) is 16.9. The number of aromatic nitrogens is 3. The van der Waals surface area contributed by atoms with E-state index < -0.39 is 0 Å². The molecule has 2 heterocycles. The molecule has 0 saturated heterocycles. The van der Waals surface area contributed by atoms with Crippen molar-refractivity contribution in [1.82, 2.24) is 14.6 Å². The van der Waals surface area contributed by atoms with E-state index in [0.29, 0.717) is 17.2 Å². The third kappa shape index (κ3) is 3.57. The monoisotopic (exact) mass is 386 g/mol. The second-order valence-corrected chi connectivity index (χ2v) is 7.00. The molecular weight excluding hydrogens is 364 g/mol. The smallest absolute Gasteiger partial charge is 0.229 e. The molecule has 0 aliphatic carbocycles. The molecule has 29 heavy (non-hydrogen) atoms. The number of hydrogen-bond donors (Lipinski definition) is 1. The third-order valence-corrected chi connectivity index (χ3v) is 4.84. The van der Waals surface area contributed by atoms with Gasteiger partial charge in [-0.05, 0) is 51.1 Å². The number of benzene rings is 2. The summed E-state index contributed by atoms with van der Waals surface area (Å²) in [5.74, 6) is 1.30. The maximum Gasteiger partial charge on any atom is 0.229 e. The Morgan fingerprint density at radius 3 is 2.34 bits per heavy atom. The summed E-state index contributed by atoms with van der Waals surface area (Å²) in [4.78, 5) is 17.1. The molecule has 146 valence electrons. The lowest BCUT2D eigenvalue weighted by molar-refractivity contribution is 0.101. The van der Waals surface area contributed by atoms with Gasteiger partial charge in [-0.25, -0.2) is 4.98 Å². The van der Waals surface area contributed by atoms with E-state index in [4.69, 9.17) is 9.72 Å². The maximum absolute atomic E-state index is 12.3. The van der Waals surface area contributed by atoms with Gasteiger partial charge in [0.1, 0.15) is 5.75 Å². The molecule has 0 bridgehead atoms. The first-order valence-corrected chi connectivity index (χ1v) is 9.35. The first-order valence-electron chi connectivity index (χ1n) is 9.35. The van der Waals surface area contributed by atoms with Crippen molar-refractivity contribution in [3.05, 3.63) is 71.4 Å². The Balaban J connectivity index is 1.89. The molecule has 0 unspecified atom stereocenters. The Labute approximate surface area is 169 Å². The zero-order valence-electron chi connectivity index (χ0n) is 16.9. The fraction of sp³-hybridized carbons (Fsp3) is 0.174. The first-order chi connectivity index (χ1) is 14.0. The van der Waals surface area contributed by atoms with Crippen LogP contribution in [0, 0.1) is 13.8 Å². The number of rotatable bonds is 5. The van der Waals surface area contributed by atoms with Crippen LogP contribution in [-0.4, -0.2) is 27.5 Å². The van der Waals surface area contributed by atoms with E-state index >= 15 is 0 Å². The minimum Gasteiger partial charge on any atom is -0.497 e. The Kier molecular flexibility index (Phi) is 4.76. The van der Waals surface area contributed by atoms with E-state index in [9.17, 15) is 4.79 Å². The standard InChI is InChI=1S/C23H22N4O2/c1-14-5-7-17(8-6-14)20-13-21-22(16(3)28)15(2)26-27(21)23(25-20)24-18-9-11-19(29-4)12-10-18/h5-13H,1-4H3,(H,24,25). The van der Waals surface area contributed by atoms with Crippen molar-refractivity contribution in [3.63, 3.8) is 0 Å². The normalized spacial score (nSPS) is 10.9. The van der Waals surface area contributed by atoms with Gasteiger partial charge < -0.3 is 10.1 Å². The van der Waals surface area contributed by atoms with Crippen LogP contribution in [0.15, 0.2) is 54.6 Å². The zero-order chi connectivity index (χ0) is 20.5. The van der Waals surface area contributed by atoms with Gasteiger partial charge in [0.05, 0.1) is 29.6 Å². The van der Waals surface area contributed by atoms with Gasteiger partial charge in [-0.2, -0.15) is 9.61 Å². The predicted molar refractivity (Wildman–Crippen MR) is 114 cm³/mol. The van der Waals surface area contributed by atoms with Gasteiger partial charge in [-0.1, -0.05) is 29.8 Å². The molecule has 0 amide bonds. The van der Waals surface area contributed by atoms with Crippen LogP contribution in [-0.2, 0) is 0 Å². The highest BCUT2D eigenvalue weighted by atomic mass is 16.5. The molecule has 1 N–H and O–H groups in total. The molecule has 0 radical (unpaired) electrons. The predicted octanol–water partition coefficient (Wildman–Crippen LogP) is 4.97. The second-order valence-electron chi connectivity index (χ2n) is 7.00. The fourth-order valence-electron chi connectivity index (χ4n) is 3.35. The number of anilines is 2. The summed E-state index contributed by atoms with van der Waals surface area (Å²) in [5.41, 5.74) is 5.79. The summed E-state index contributed by atoms with van der Waals surface area (Å²) in [7, 11) is 1.63. The van der Waals surface area contributed by atoms with Crippen molar-refractivity contribution < 1.29 is 9.53 Å². The van der Waals surface area contributed by atoms with E-state index in [-0.39, 0.29) is 5.78 Å². The summed E-state index contributed by atoms with van der Waals surface area (Å²) in [6, 6.07) is 17.6. The highest BCUT2D eigenvalue weighted by Gasteiger charge is 2.18. The van der Waals surface area contributed by atoms with Crippen molar-refractivity contribution in [3.8, 4) is 17.0 Å². The van der Waals surface area contributed by atoms with Crippen LogP contribution in [0.25, 0.3) is 16.8 Å². The number of carbonyl (C=O) groups excluding carboxylic acids is 1. The number of aryl methyl sites for hydroxylation is 2. The maximum atomic E-state index is 12.3. The van der Waals surface area contributed by atoms with Gasteiger partial charge in [-0.15, -0.1) is 0 Å². The van der Waals surface area contributed by atoms with Crippen molar-refractivity contribution in [2.75, 3.05) is 12.4 Å². The van der Waals surface area contributed by atoms with Gasteiger partial charge >= 0.3 is 0 Å². The minimum atomic E-state index is -0.0195. The Morgan fingerprint density at radius 1 is 1.03 bits per heavy atom. The second kappa shape index (κ2) is 7.39. The van der Waals surface area contributed by atoms with E-state index in [1.165, 1.54) is 5.56 Å². The average Bonchev–Trinajstić information content (AvgIpc) is 3.05. The lowest BCUT2D eigenvalue weighted by Crippen LogP contribution is -2.05. The van der Waals surface area contributed by atoms with Crippen LogP contribution in [0.4, 0.5) is 11.6 Å². The van der Waals surface area contributed by atoms with Crippen molar-refractivity contribution in [2.45, 2.75) is 20.8 Å². The summed E-state index contributed by atoms with van der Waals surface area (Å²) in [5, 5.41) is 7.88. The summed E-state index contributed by atoms with van der Waals surface area (Å²) in [6.45, 7) is 5.45. The quantitative estimate of drug-likeness (QED) is 0.491. The van der Waals surface area contributed by atoms with Crippen LogP contribution >= 0.6 is 0 Å². The van der Waals surface area contributed by atoms with E-state index in [2.05, 4.69) is 10.4 Å². The summed E-state index contributed by atoms with van der Waals surface area (Å²) >= 11 is 0. The van der Waals surface area contributed by atoms with Crippen molar-refractivity contribution in [2.24, 2.45) is 0 Å². The summed E-state index contributed by atoms with van der Waals surface area (Å²) in [6.07, 6.45) is 0. The molecule has 0 atom stereocenters. The van der Waals surface area contributed by atoms with Crippen molar-refractivity contribution >= 4 is 22.9 Å². The Morgan fingerprint density at radius 2 is 1.72 bits per heavy atom. The number of fused-ring (bicyclic) bond motifs is 1. The number of Topliss-reactive ketones (excluding diaryl/α,β-unsaturated/α-hetero) is 1. The molecule has 4 aromatic rings. The molecular formula is C23H22N4O2. The van der Waals surface area contributed by atoms with Gasteiger partial charge in [0.2, 0.25) is 5.95 Å². The van der Waals surface area contributed by atoms with Gasteiger partial charge in [-0.3, -0.25) is 4.79 Å². The van der Waals surface area contributed by atoms with Crippen LogP contribution in [0.5, 0.6) is 5.75 Å². The van der Waals surface area contributed by atoms with Crippen LogP contribution in [0.1, 0.15) is 28.5 Å². The third-order valence-electron chi connectivity index (χ3n) is 4.84. The summed E-state index contributed by atoms with van der Waals surface area (Å²) < 4.78 is 6.91. The average molecular weight is 386 g/mol. The first kappa shape index (κ1) is 18.7. The van der Waals surface area contributed by atoms with Crippen LogP contribution in [0.3, 0.4) is 0 Å². The Hall–Kier alpha value is -3.67. The number of ether oxygens (including phenoxy) is 1. The highest BCUT2D eigenvalue weighted by molar-refractivity contribution is 6.02. The minimum absolute atomic E-state index is 0.0195. The molecule has 0 spiro atoms. The molecule has 0 aliphatic rings. The molecule has 2 aromatic heterocycles. The van der Waals surface area contributed by atoms with E-state index in [1.54, 1.807) is 18.5 Å². The molecule has 0 fully saturated rings. The molecule has 6 nitrogen and oxygen atoms in total. The lowest BCUT2D eigenvalue weighted by atomic mass is 10.1. The molecule has 6 heteroatoms. The van der Waals surface area contributed by atoms with Gasteiger partial charge in [0.25, 0.3) is 0 Å². The van der Waals surface area contributed by atoms with Crippen molar-refractivity contribution in [1.29, 1.82) is 0 Å². The van der Waals surface area contributed by atoms with E-state index in [0.717, 1.165) is 28.2 Å². The number of nitrogens with one attached hydrogen (secondary N) is 1. The topological polar surface area (TPSA) is 68.5 Å². The highest BCUT2D eigenvalue weighted by Crippen LogP contribution is 2.28. The Bertz CT molecular complexity index is 1190. The number of nitrogens with zero attached hydrogens (tertiary/aromatic N) is 3. The molecule has 4 rings (SSSR count). The molecule has 2 aromatic carbocycles. The number of hydrogen-bond acceptors (Lipinski definition) is 5. The van der Waals surface area contributed by atoms with E-state index in [1.807, 2.05) is 68.4 Å². The number of carbonyl (C=O) groups is 1. The number of ketones is 1. The van der Waals surface area contributed by atoms with Gasteiger partial charge in [0.15, 0.2) is 5.78 Å². The van der Waals surface area contributed by atoms with Crippen LogP contribution < -0.4 is 10.1 Å². The molecule has 0 aliphatic heterocycles. The lowest BCUT2D eigenvalue weighted by Gasteiger charge is -2.11. The van der Waals surface area contributed by atoms with Crippen LogP contribution in [0.2, 0.25) is 0 Å². The fourth-order valence-corrected chi connectivity index (χ4v) is 3.35. The number of methoxy groups -OCH3 is 1. The largest absolute Gasteiger partial charge is 0.497 e. The SMILES string of the molecule is COc1ccc(Nc2nc(-c3ccc(C)cc3)cc3c(C(C)=O)c(C)nn23)cc1.